The second-order valence-electron chi connectivity index (χ2n) is 6.45. The van der Waals surface area contributed by atoms with Gasteiger partial charge in [0.05, 0.1) is 5.56 Å². The summed E-state index contributed by atoms with van der Waals surface area (Å²) in [6.45, 7) is 0.163. The van der Waals surface area contributed by atoms with Crippen molar-refractivity contribution in [3.8, 4) is 17.1 Å². The van der Waals surface area contributed by atoms with Crippen LogP contribution in [0.2, 0.25) is 0 Å². The lowest BCUT2D eigenvalue weighted by molar-refractivity contribution is -0.105. The van der Waals surface area contributed by atoms with E-state index in [-0.39, 0.29) is 12.2 Å². The molecule has 10 nitrogen and oxygen atoms in total. The zero-order valence-corrected chi connectivity index (χ0v) is 16.0. The molecule has 10 heteroatoms. The fraction of sp³-hybridized carbons (Fsp3) is 0.0476. The molecule has 0 spiro atoms. The first-order chi connectivity index (χ1) is 15.1. The largest absolute Gasteiger partial charge is 0.465 e. The van der Waals surface area contributed by atoms with E-state index in [9.17, 15) is 14.4 Å². The van der Waals surface area contributed by atoms with Gasteiger partial charge in [0, 0.05) is 18.4 Å². The SMILES string of the molecule is O=CNc1ncccc1-c1nc2ccc(C=O)nc2n1-c1ccc(CNC(=O)O)cc1. The van der Waals surface area contributed by atoms with Crippen LogP contribution in [0.4, 0.5) is 10.6 Å². The molecule has 2 amide bonds. The van der Waals surface area contributed by atoms with Crippen LogP contribution in [0.1, 0.15) is 16.1 Å². The standard InChI is InChI=1S/C21H16N6O4/c28-11-14-5-8-17-20(25-14)27(15-6-3-13(4-7-15)10-23-21(30)31)19(26-17)16-2-1-9-22-18(16)24-12-29/h1-9,11-12,23H,10H2,(H,30,31)(H,22,24,29). The number of rotatable bonds is 7. The molecule has 0 aliphatic rings. The first kappa shape index (κ1) is 19.7. The minimum atomic E-state index is -1.11. The van der Waals surface area contributed by atoms with Crippen LogP contribution < -0.4 is 10.6 Å². The van der Waals surface area contributed by atoms with Crippen LogP contribution in [0.3, 0.4) is 0 Å². The Labute approximate surface area is 175 Å². The fourth-order valence-electron chi connectivity index (χ4n) is 3.16. The highest BCUT2D eigenvalue weighted by Gasteiger charge is 2.19. The Bertz CT molecular complexity index is 1280. The van der Waals surface area contributed by atoms with Crippen molar-refractivity contribution in [2.75, 3.05) is 5.32 Å². The summed E-state index contributed by atoms with van der Waals surface area (Å²) in [5.74, 6) is 0.798. The van der Waals surface area contributed by atoms with E-state index in [0.29, 0.717) is 46.8 Å². The number of pyridine rings is 2. The number of fused-ring (bicyclic) bond motifs is 1. The summed E-state index contributed by atoms with van der Waals surface area (Å²) in [5.41, 5.74) is 3.28. The summed E-state index contributed by atoms with van der Waals surface area (Å²) in [6, 6.07) is 13.9. The van der Waals surface area contributed by atoms with Crippen LogP contribution >= 0.6 is 0 Å². The second kappa shape index (κ2) is 8.41. The van der Waals surface area contributed by atoms with Crippen LogP contribution in [0.15, 0.2) is 54.7 Å². The molecular weight excluding hydrogens is 400 g/mol. The Morgan fingerprint density at radius 1 is 1.06 bits per heavy atom. The lowest BCUT2D eigenvalue weighted by Gasteiger charge is -2.12. The molecule has 0 aliphatic heterocycles. The van der Waals surface area contributed by atoms with E-state index in [1.807, 2.05) is 0 Å². The van der Waals surface area contributed by atoms with Crippen LogP contribution in [0.5, 0.6) is 0 Å². The number of aromatic nitrogens is 4. The van der Waals surface area contributed by atoms with Gasteiger partial charge in [-0.2, -0.15) is 0 Å². The summed E-state index contributed by atoms with van der Waals surface area (Å²) >= 11 is 0. The molecule has 0 bridgehead atoms. The summed E-state index contributed by atoms with van der Waals surface area (Å²) in [7, 11) is 0. The Kier molecular flexibility index (Phi) is 5.35. The molecule has 0 saturated heterocycles. The highest BCUT2D eigenvalue weighted by molar-refractivity contribution is 5.87. The van der Waals surface area contributed by atoms with E-state index in [1.165, 1.54) is 0 Å². The molecular formula is C21H16N6O4. The van der Waals surface area contributed by atoms with Crippen molar-refractivity contribution in [1.82, 2.24) is 24.8 Å². The predicted octanol–water partition coefficient (Wildman–Crippen LogP) is 2.63. The zero-order valence-electron chi connectivity index (χ0n) is 16.0. The zero-order chi connectivity index (χ0) is 21.8. The summed E-state index contributed by atoms with van der Waals surface area (Å²) < 4.78 is 1.75. The number of nitrogens with one attached hydrogen (secondary N) is 2. The maximum absolute atomic E-state index is 11.3. The number of amides is 2. The topological polar surface area (TPSA) is 139 Å². The number of carboxylic acid groups (broad SMARTS) is 1. The molecule has 0 radical (unpaired) electrons. The maximum Gasteiger partial charge on any atom is 0.404 e. The third-order valence-electron chi connectivity index (χ3n) is 4.53. The monoisotopic (exact) mass is 416 g/mol. The third kappa shape index (κ3) is 3.94. The molecule has 0 aliphatic carbocycles. The van der Waals surface area contributed by atoms with Crippen molar-refractivity contribution in [3.63, 3.8) is 0 Å². The van der Waals surface area contributed by atoms with Crippen molar-refractivity contribution in [2.45, 2.75) is 6.54 Å². The van der Waals surface area contributed by atoms with Gasteiger partial charge < -0.3 is 15.7 Å². The molecule has 1 aromatic carbocycles. The third-order valence-corrected chi connectivity index (χ3v) is 4.53. The minimum absolute atomic E-state index is 0.163. The summed E-state index contributed by atoms with van der Waals surface area (Å²) in [4.78, 5) is 46.3. The number of hydrogen-bond acceptors (Lipinski definition) is 6. The molecule has 3 aromatic heterocycles. The Hall–Kier alpha value is -4.60. The number of carbonyl (C=O) groups is 3. The normalized spacial score (nSPS) is 10.6. The van der Waals surface area contributed by atoms with Gasteiger partial charge in [0.1, 0.15) is 17.0 Å². The first-order valence-corrected chi connectivity index (χ1v) is 9.17. The van der Waals surface area contributed by atoms with E-state index < -0.39 is 6.09 Å². The molecule has 4 rings (SSSR count). The van der Waals surface area contributed by atoms with Crippen molar-refractivity contribution in [1.29, 1.82) is 0 Å². The minimum Gasteiger partial charge on any atom is -0.465 e. The maximum atomic E-state index is 11.3. The van der Waals surface area contributed by atoms with Crippen molar-refractivity contribution < 1.29 is 19.5 Å². The lowest BCUT2D eigenvalue weighted by atomic mass is 10.2. The van der Waals surface area contributed by atoms with Crippen molar-refractivity contribution in [3.05, 3.63) is 66.0 Å². The summed E-state index contributed by atoms with van der Waals surface area (Å²) in [6.07, 6.45) is 1.63. The van der Waals surface area contributed by atoms with E-state index >= 15 is 0 Å². The smallest absolute Gasteiger partial charge is 0.404 e. The Morgan fingerprint density at radius 2 is 1.87 bits per heavy atom. The number of aldehydes is 1. The predicted molar refractivity (Wildman–Crippen MR) is 112 cm³/mol. The highest BCUT2D eigenvalue weighted by atomic mass is 16.4. The molecule has 31 heavy (non-hydrogen) atoms. The lowest BCUT2D eigenvalue weighted by Crippen LogP contribution is -2.19. The molecule has 0 unspecified atom stereocenters. The van der Waals surface area contributed by atoms with Crippen LogP contribution in [-0.4, -0.2) is 43.4 Å². The molecule has 154 valence electrons. The van der Waals surface area contributed by atoms with Crippen LogP contribution in [0.25, 0.3) is 28.2 Å². The van der Waals surface area contributed by atoms with Gasteiger partial charge >= 0.3 is 6.09 Å². The summed E-state index contributed by atoms with van der Waals surface area (Å²) in [5, 5.41) is 13.7. The number of anilines is 1. The number of benzene rings is 1. The van der Waals surface area contributed by atoms with Crippen LogP contribution in [0, 0.1) is 0 Å². The van der Waals surface area contributed by atoms with Gasteiger partial charge in [-0.25, -0.2) is 19.7 Å². The van der Waals surface area contributed by atoms with Gasteiger partial charge in [0.25, 0.3) is 0 Å². The van der Waals surface area contributed by atoms with Gasteiger partial charge in [0.2, 0.25) is 6.41 Å². The van der Waals surface area contributed by atoms with Gasteiger partial charge in [-0.05, 0) is 42.0 Å². The highest BCUT2D eigenvalue weighted by Crippen LogP contribution is 2.31. The fourth-order valence-corrected chi connectivity index (χ4v) is 3.16. The molecule has 0 fully saturated rings. The van der Waals surface area contributed by atoms with E-state index in [1.54, 1.807) is 59.3 Å². The number of imidazole rings is 1. The number of hydrogen-bond donors (Lipinski definition) is 3. The van der Waals surface area contributed by atoms with Gasteiger partial charge in [-0.15, -0.1) is 0 Å². The number of nitrogens with zero attached hydrogens (tertiary/aromatic N) is 4. The van der Waals surface area contributed by atoms with E-state index in [2.05, 4.69) is 25.6 Å². The molecule has 0 atom stereocenters. The van der Waals surface area contributed by atoms with Crippen molar-refractivity contribution in [2.24, 2.45) is 0 Å². The van der Waals surface area contributed by atoms with Crippen LogP contribution in [-0.2, 0) is 11.3 Å². The molecule has 3 N–H and O–H groups in total. The molecule has 3 heterocycles. The van der Waals surface area contributed by atoms with Gasteiger partial charge in [-0.1, -0.05) is 12.1 Å². The second-order valence-corrected chi connectivity index (χ2v) is 6.45. The van der Waals surface area contributed by atoms with E-state index in [0.717, 1.165) is 5.56 Å². The average molecular weight is 416 g/mol. The molecule has 4 aromatic rings. The quantitative estimate of drug-likeness (QED) is 0.394. The molecule has 0 saturated carbocycles. The van der Waals surface area contributed by atoms with Crippen molar-refractivity contribution >= 4 is 35.8 Å². The van der Waals surface area contributed by atoms with Gasteiger partial charge in [-0.3, -0.25) is 14.2 Å². The first-order valence-electron chi connectivity index (χ1n) is 9.17. The average Bonchev–Trinajstić information content (AvgIpc) is 3.17. The van der Waals surface area contributed by atoms with Gasteiger partial charge in [0.15, 0.2) is 17.8 Å². The Balaban J connectivity index is 1.90. The van der Waals surface area contributed by atoms with E-state index in [4.69, 9.17) is 5.11 Å². The number of carbonyl (C=O) groups excluding carboxylic acids is 2. The Morgan fingerprint density at radius 3 is 2.58 bits per heavy atom.